The number of fused-ring (bicyclic) bond motifs is 4. The van der Waals surface area contributed by atoms with Crippen molar-refractivity contribution < 1.29 is 14.3 Å². The molecule has 0 bridgehead atoms. The maximum atomic E-state index is 13.9. The number of carbonyl (C=O) groups is 2. The SMILES string of the molecule is CCCCCCOC1CCC2C(=O)N3CCc4ccccc4C3CC2N1C(=O)N[C@H](C)c1ccccc1. The molecule has 2 fully saturated rings. The number of benzene rings is 2. The van der Waals surface area contributed by atoms with Crippen molar-refractivity contribution >= 4 is 11.9 Å². The van der Waals surface area contributed by atoms with Crippen LogP contribution in [0.3, 0.4) is 0 Å². The summed E-state index contributed by atoms with van der Waals surface area (Å²) >= 11 is 0. The number of piperidine rings is 2. The number of hydrogen-bond acceptors (Lipinski definition) is 3. The molecular weight excluding hydrogens is 462 g/mol. The van der Waals surface area contributed by atoms with Crippen LogP contribution in [0.25, 0.3) is 0 Å². The van der Waals surface area contributed by atoms with Crippen molar-refractivity contribution in [3.8, 4) is 0 Å². The summed E-state index contributed by atoms with van der Waals surface area (Å²) < 4.78 is 6.38. The van der Waals surface area contributed by atoms with E-state index in [1.165, 1.54) is 24.0 Å². The lowest BCUT2D eigenvalue weighted by Gasteiger charge is -2.53. The van der Waals surface area contributed by atoms with Crippen LogP contribution in [0.4, 0.5) is 4.79 Å². The fourth-order valence-electron chi connectivity index (χ4n) is 6.52. The van der Waals surface area contributed by atoms with E-state index in [1.807, 2.05) is 42.2 Å². The normalized spacial score (nSPS) is 25.6. The number of nitrogens with one attached hydrogen (secondary N) is 1. The average molecular weight is 504 g/mol. The molecule has 5 atom stereocenters. The van der Waals surface area contributed by atoms with Gasteiger partial charge in [0.25, 0.3) is 0 Å². The molecule has 0 spiro atoms. The largest absolute Gasteiger partial charge is 0.358 e. The minimum Gasteiger partial charge on any atom is -0.358 e. The lowest BCUT2D eigenvalue weighted by molar-refractivity contribution is -0.159. The van der Waals surface area contributed by atoms with Gasteiger partial charge in [-0.3, -0.25) is 9.69 Å². The van der Waals surface area contributed by atoms with Crippen LogP contribution in [0.15, 0.2) is 54.6 Å². The van der Waals surface area contributed by atoms with E-state index >= 15 is 0 Å². The number of hydrogen-bond donors (Lipinski definition) is 1. The van der Waals surface area contributed by atoms with Gasteiger partial charge in [-0.15, -0.1) is 0 Å². The zero-order valence-corrected chi connectivity index (χ0v) is 22.3. The van der Waals surface area contributed by atoms with E-state index in [0.717, 1.165) is 44.2 Å². The number of urea groups is 1. The van der Waals surface area contributed by atoms with Gasteiger partial charge in [-0.25, -0.2) is 4.79 Å². The molecule has 0 aromatic heterocycles. The van der Waals surface area contributed by atoms with Crippen LogP contribution in [0.5, 0.6) is 0 Å². The summed E-state index contributed by atoms with van der Waals surface area (Å²) in [7, 11) is 0. The first-order valence-electron chi connectivity index (χ1n) is 14.2. The zero-order valence-electron chi connectivity index (χ0n) is 22.3. The Bertz CT molecular complexity index is 1070. The van der Waals surface area contributed by atoms with Crippen molar-refractivity contribution in [2.24, 2.45) is 5.92 Å². The third-order valence-electron chi connectivity index (χ3n) is 8.52. The number of ether oxygens (including phenoxy) is 1. The number of amides is 3. The Morgan fingerprint density at radius 3 is 2.65 bits per heavy atom. The third-order valence-corrected chi connectivity index (χ3v) is 8.52. The fourth-order valence-corrected chi connectivity index (χ4v) is 6.52. The molecule has 3 amide bonds. The molecule has 3 aliphatic heterocycles. The number of nitrogens with zero attached hydrogens (tertiary/aromatic N) is 2. The first-order chi connectivity index (χ1) is 18.1. The highest BCUT2D eigenvalue weighted by atomic mass is 16.5. The molecule has 6 heteroatoms. The molecule has 3 aliphatic rings. The summed E-state index contributed by atoms with van der Waals surface area (Å²) in [5, 5.41) is 3.23. The van der Waals surface area contributed by atoms with Crippen LogP contribution in [-0.4, -0.2) is 47.2 Å². The molecule has 4 unspecified atom stereocenters. The summed E-state index contributed by atoms with van der Waals surface area (Å²) in [6.07, 6.45) is 7.34. The monoisotopic (exact) mass is 503 g/mol. The first kappa shape index (κ1) is 25.8. The van der Waals surface area contributed by atoms with E-state index in [9.17, 15) is 9.59 Å². The van der Waals surface area contributed by atoms with Crippen molar-refractivity contribution in [2.45, 2.75) is 89.6 Å². The van der Waals surface area contributed by atoms with E-state index in [1.54, 1.807) is 0 Å². The molecule has 3 heterocycles. The van der Waals surface area contributed by atoms with Crippen molar-refractivity contribution in [2.75, 3.05) is 13.2 Å². The molecule has 198 valence electrons. The molecule has 0 saturated carbocycles. The topological polar surface area (TPSA) is 61.9 Å². The van der Waals surface area contributed by atoms with Crippen molar-refractivity contribution in [1.82, 2.24) is 15.1 Å². The van der Waals surface area contributed by atoms with Gasteiger partial charge in [0.15, 0.2) is 0 Å². The van der Waals surface area contributed by atoms with Crippen molar-refractivity contribution in [3.05, 3.63) is 71.3 Å². The highest BCUT2D eigenvalue weighted by molar-refractivity contribution is 5.84. The Balaban J connectivity index is 1.39. The summed E-state index contributed by atoms with van der Waals surface area (Å²) in [5.74, 6) is 0.0327. The Labute approximate surface area is 221 Å². The van der Waals surface area contributed by atoms with Crippen molar-refractivity contribution in [1.29, 1.82) is 0 Å². The highest BCUT2D eigenvalue weighted by Crippen LogP contribution is 2.45. The standard InChI is InChI=1S/C31H41N3O3/c1-3-4-5-11-20-37-29-17-16-26-28(34(29)31(36)32-22(2)23-12-7-6-8-13-23)21-27-25-15-10-9-14-24(25)18-19-33(27)30(26)35/h6-10,12-15,22,26-29H,3-5,11,16-21H2,1-2H3,(H,32,36)/t22-,26?,27?,28?,29?/m1/s1. The molecule has 6 nitrogen and oxygen atoms in total. The molecule has 0 radical (unpaired) electrons. The fraction of sp³-hybridized carbons (Fsp3) is 0.548. The predicted molar refractivity (Wildman–Crippen MR) is 145 cm³/mol. The highest BCUT2D eigenvalue weighted by Gasteiger charge is 2.51. The van der Waals surface area contributed by atoms with Gasteiger partial charge < -0.3 is 15.0 Å². The summed E-state index contributed by atoms with van der Waals surface area (Å²) in [6.45, 7) is 5.63. The van der Waals surface area contributed by atoms with Gasteiger partial charge in [-0.05, 0) is 55.7 Å². The molecule has 5 rings (SSSR count). The number of likely N-dealkylation sites (tertiary alicyclic amines) is 1. The Morgan fingerprint density at radius 1 is 1.05 bits per heavy atom. The average Bonchev–Trinajstić information content (AvgIpc) is 2.93. The van der Waals surface area contributed by atoms with E-state index in [-0.39, 0.29) is 42.2 Å². The van der Waals surface area contributed by atoms with Gasteiger partial charge in [0.2, 0.25) is 5.91 Å². The first-order valence-corrected chi connectivity index (χ1v) is 14.2. The lowest BCUT2D eigenvalue weighted by atomic mass is 9.76. The third kappa shape index (κ3) is 5.40. The smallest absolute Gasteiger partial charge is 0.320 e. The number of rotatable bonds is 8. The van der Waals surface area contributed by atoms with E-state index in [0.29, 0.717) is 13.0 Å². The van der Waals surface area contributed by atoms with E-state index in [4.69, 9.17) is 4.74 Å². The van der Waals surface area contributed by atoms with Crippen LogP contribution < -0.4 is 5.32 Å². The van der Waals surface area contributed by atoms with Gasteiger partial charge in [0.1, 0.15) is 6.23 Å². The van der Waals surface area contributed by atoms with E-state index in [2.05, 4.69) is 41.4 Å². The second-order valence-corrected chi connectivity index (χ2v) is 10.9. The van der Waals surface area contributed by atoms with Gasteiger partial charge in [0.05, 0.1) is 18.0 Å². The number of carbonyl (C=O) groups excluding carboxylic acids is 2. The second-order valence-electron chi connectivity index (χ2n) is 10.9. The summed E-state index contributed by atoms with van der Waals surface area (Å²) in [5.41, 5.74) is 3.62. The van der Waals surface area contributed by atoms with Gasteiger partial charge >= 0.3 is 6.03 Å². The molecular formula is C31H41N3O3. The minimum atomic E-state index is -0.302. The maximum Gasteiger partial charge on any atom is 0.320 e. The molecule has 0 aliphatic carbocycles. The molecule has 2 aromatic carbocycles. The Morgan fingerprint density at radius 2 is 1.84 bits per heavy atom. The summed E-state index contributed by atoms with van der Waals surface area (Å²) in [4.78, 5) is 31.7. The Kier molecular flexibility index (Phi) is 8.14. The van der Waals surface area contributed by atoms with Crippen LogP contribution in [0, 0.1) is 5.92 Å². The predicted octanol–water partition coefficient (Wildman–Crippen LogP) is 5.99. The molecule has 2 saturated heterocycles. The molecule has 2 aromatic rings. The number of unbranched alkanes of at least 4 members (excludes halogenated alkanes) is 3. The second kappa shape index (κ2) is 11.7. The van der Waals surface area contributed by atoms with Crippen LogP contribution in [-0.2, 0) is 16.0 Å². The van der Waals surface area contributed by atoms with Gasteiger partial charge in [-0.1, -0.05) is 80.8 Å². The van der Waals surface area contributed by atoms with Crippen LogP contribution in [0.1, 0.15) is 87.6 Å². The quantitative estimate of drug-likeness (QED) is 0.450. The van der Waals surface area contributed by atoms with E-state index < -0.39 is 0 Å². The minimum absolute atomic E-state index is 0.0175. The maximum absolute atomic E-state index is 13.9. The van der Waals surface area contributed by atoms with Crippen LogP contribution >= 0.6 is 0 Å². The van der Waals surface area contributed by atoms with Crippen LogP contribution in [0.2, 0.25) is 0 Å². The van der Waals surface area contributed by atoms with Gasteiger partial charge in [0, 0.05) is 19.2 Å². The van der Waals surface area contributed by atoms with Crippen molar-refractivity contribution in [3.63, 3.8) is 0 Å². The lowest BCUT2D eigenvalue weighted by Crippen LogP contribution is -2.64. The van der Waals surface area contributed by atoms with Gasteiger partial charge in [-0.2, -0.15) is 0 Å². The molecule has 1 N–H and O–H groups in total. The zero-order chi connectivity index (χ0) is 25.8. The summed E-state index contributed by atoms with van der Waals surface area (Å²) in [6, 6.07) is 18.1. The molecule has 37 heavy (non-hydrogen) atoms. The Hall–Kier alpha value is -2.86.